The Balaban J connectivity index is 3.83. The summed E-state index contributed by atoms with van der Waals surface area (Å²) in [5, 5.41) is 2.83. The van der Waals surface area contributed by atoms with Crippen LogP contribution in [0.25, 0.3) is 0 Å². The van der Waals surface area contributed by atoms with Gasteiger partial charge in [0.05, 0.1) is 0 Å². The van der Waals surface area contributed by atoms with Gasteiger partial charge in [-0.2, -0.15) is 0 Å². The van der Waals surface area contributed by atoms with Gasteiger partial charge in [-0.25, -0.2) is 0 Å². The van der Waals surface area contributed by atoms with Crippen molar-refractivity contribution in [1.82, 2.24) is 5.32 Å². The Bertz CT molecular complexity index is 189. The molecule has 14 heavy (non-hydrogen) atoms. The lowest BCUT2D eigenvalue weighted by molar-refractivity contribution is -0.119. The van der Waals surface area contributed by atoms with Crippen LogP contribution in [0.4, 0.5) is 0 Å². The Morgan fingerprint density at radius 2 is 1.64 bits per heavy atom. The van der Waals surface area contributed by atoms with E-state index in [1.807, 2.05) is 0 Å². The molecular formula is C12H25NO. The highest BCUT2D eigenvalue weighted by Gasteiger charge is 2.31. The number of amides is 1. The average molecular weight is 199 g/mol. The summed E-state index contributed by atoms with van der Waals surface area (Å²) in [6.45, 7) is 13.8. The van der Waals surface area contributed by atoms with Crippen molar-refractivity contribution >= 4 is 5.91 Å². The predicted molar refractivity (Wildman–Crippen MR) is 61.2 cm³/mol. The number of rotatable bonds is 4. The van der Waals surface area contributed by atoms with Crippen LogP contribution < -0.4 is 5.32 Å². The Morgan fingerprint density at radius 3 is 2.00 bits per heavy atom. The number of carbonyl (C=O) groups is 1. The van der Waals surface area contributed by atoms with E-state index in [-0.39, 0.29) is 5.91 Å². The number of carbonyl (C=O) groups excluding carboxylic acids is 1. The van der Waals surface area contributed by atoms with Crippen molar-refractivity contribution in [2.75, 3.05) is 6.54 Å². The zero-order valence-corrected chi connectivity index (χ0v) is 10.5. The molecule has 0 spiro atoms. The molecule has 0 aromatic carbocycles. The van der Waals surface area contributed by atoms with Gasteiger partial charge in [-0.05, 0) is 23.7 Å². The molecule has 1 N–H and O–H groups in total. The molecular weight excluding hydrogens is 174 g/mol. The van der Waals surface area contributed by atoms with Gasteiger partial charge in [0.1, 0.15) is 0 Å². The molecule has 2 heteroatoms. The molecule has 0 saturated carbocycles. The van der Waals surface area contributed by atoms with Crippen molar-refractivity contribution in [3.8, 4) is 0 Å². The van der Waals surface area contributed by atoms with Crippen LogP contribution in [-0.2, 0) is 4.79 Å². The third-order valence-corrected chi connectivity index (χ3v) is 3.38. The summed E-state index contributed by atoms with van der Waals surface area (Å²) < 4.78 is 0. The van der Waals surface area contributed by atoms with E-state index in [0.29, 0.717) is 10.8 Å². The van der Waals surface area contributed by atoms with Gasteiger partial charge in [-0.1, -0.05) is 34.6 Å². The van der Waals surface area contributed by atoms with Crippen molar-refractivity contribution < 1.29 is 4.79 Å². The van der Waals surface area contributed by atoms with Gasteiger partial charge in [-0.3, -0.25) is 4.79 Å². The lowest BCUT2D eigenvalue weighted by Gasteiger charge is -2.39. The van der Waals surface area contributed by atoms with Gasteiger partial charge in [0.15, 0.2) is 0 Å². The maximum atomic E-state index is 10.7. The first-order valence-electron chi connectivity index (χ1n) is 5.41. The maximum absolute atomic E-state index is 10.7. The SMILES string of the molecule is CC(=O)NCCCC(C)(C)C(C)(C)C. The predicted octanol–water partition coefficient (Wildman–Crippen LogP) is 2.98. The van der Waals surface area contributed by atoms with Crippen LogP contribution in [0.3, 0.4) is 0 Å². The third kappa shape index (κ3) is 4.64. The monoisotopic (exact) mass is 199 g/mol. The summed E-state index contributed by atoms with van der Waals surface area (Å²) in [7, 11) is 0. The van der Waals surface area contributed by atoms with Crippen LogP contribution in [0.5, 0.6) is 0 Å². The van der Waals surface area contributed by atoms with Gasteiger partial charge < -0.3 is 5.32 Å². The third-order valence-electron chi connectivity index (χ3n) is 3.38. The molecule has 0 atom stereocenters. The van der Waals surface area contributed by atoms with E-state index < -0.39 is 0 Å². The van der Waals surface area contributed by atoms with Crippen LogP contribution in [0.1, 0.15) is 54.4 Å². The maximum Gasteiger partial charge on any atom is 0.216 e. The van der Waals surface area contributed by atoms with Crippen molar-refractivity contribution in [1.29, 1.82) is 0 Å². The van der Waals surface area contributed by atoms with Gasteiger partial charge >= 0.3 is 0 Å². The van der Waals surface area contributed by atoms with Crippen molar-refractivity contribution in [3.63, 3.8) is 0 Å². The number of hydrogen-bond acceptors (Lipinski definition) is 1. The van der Waals surface area contributed by atoms with E-state index in [4.69, 9.17) is 0 Å². The first-order valence-corrected chi connectivity index (χ1v) is 5.41. The molecule has 0 aliphatic carbocycles. The average Bonchev–Trinajstić information content (AvgIpc) is 1.95. The van der Waals surface area contributed by atoms with E-state index in [0.717, 1.165) is 19.4 Å². The molecule has 0 heterocycles. The summed E-state index contributed by atoms with van der Waals surface area (Å²) in [5.41, 5.74) is 0.648. The number of nitrogens with one attached hydrogen (secondary N) is 1. The highest BCUT2D eigenvalue weighted by Crippen LogP contribution is 2.41. The fraction of sp³-hybridized carbons (Fsp3) is 0.917. The molecule has 0 radical (unpaired) electrons. The Hall–Kier alpha value is -0.530. The molecule has 0 unspecified atom stereocenters. The molecule has 0 saturated heterocycles. The fourth-order valence-corrected chi connectivity index (χ4v) is 1.17. The standard InChI is InChI=1S/C12H25NO/c1-10(14)13-9-7-8-12(5,6)11(2,3)4/h7-9H2,1-6H3,(H,13,14). The highest BCUT2D eigenvalue weighted by atomic mass is 16.1. The van der Waals surface area contributed by atoms with Crippen LogP contribution in [0.15, 0.2) is 0 Å². The normalized spacial score (nSPS) is 12.7. The summed E-state index contributed by atoms with van der Waals surface area (Å²) in [6.07, 6.45) is 2.21. The second-order valence-electron chi connectivity index (χ2n) is 5.72. The van der Waals surface area contributed by atoms with E-state index in [2.05, 4.69) is 39.9 Å². The Kier molecular flexibility index (Phi) is 4.63. The second-order valence-corrected chi connectivity index (χ2v) is 5.72. The Labute approximate surface area is 88.5 Å². The summed E-state index contributed by atoms with van der Waals surface area (Å²) in [5.74, 6) is 0.0681. The van der Waals surface area contributed by atoms with Crippen molar-refractivity contribution in [2.24, 2.45) is 10.8 Å². The lowest BCUT2D eigenvalue weighted by atomic mass is 9.67. The first kappa shape index (κ1) is 13.5. The van der Waals surface area contributed by atoms with Crippen LogP contribution in [-0.4, -0.2) is 12.5 Å². The molecule has 0 fully saturated rings. The topological polar surface area (TPSA) is 29.1 Å². The molecule has 84 valence electrons. The molecule has 0 aliphatic heterocycles. The molecule has 1 amide bonds. The van der Waals surface area contributed by atoms with Crippen molar-refractivity contribution in [3.05, 3.63) is 0 Å². The molecule has 0 rings (SSSR count). The smallest absolute Gasteiger partial charge is 0.216 e. The number of hydrogen-bond donors (Lipinski definition) is 1. The quantitative estimate of drug-likeness (QED) is 0.693. The van der Waals surface area contributed by atoms with Crippen LogP contribution in [0.2, 0.25) is 0 Å². The van der Waals surface area contributed by atoms with E-state index in [1.165, 1.54) is 0 Å². The van der Waals surface area contributed by atoms with Crippen LogP contribution in [0, 0.1) is 10.8 Å². The van der Waals surface area contributed by atoms with Gasteiger partial charge in [0.2, 0.25) is 5.91 Å². The summed E-state index contributed by atoms with van der Waals surface area (Å²) in [4.78, 5) is 10.7. The zero-order chi connectivity index (χ0) is 11.4. The second kappa shape index (κ2) is 4.81. The van der Waals surface area contributed by atoms with Crippen LogP contribution >= 0.6 is 0 Å². The molecule has 0 aromatic heterocycles. The highest BCUT2D eigenvalue weighted by molar-refractivity contribution is 5.72. The van der Waals surface area contributed by atoms with Gasteiger partial charge in [-0.15, -0.1) is 0 Å². The summed E-state index contributed by atoms with van der Waals surface area (Å²) >= 11 is 0. The minimum atomic E-state index is 0.0681. The molecule has 2 nitrogen and oxygen atoms in total. The largest absolute Gasteiger partial charge is 0.356 e. The Morgan fingerprint density at radius 1 is 1.14 bits per heavy atom. The molecule has 0 bridgehead atoms. The van der Waals surface area contributed by atoms with E-state index in [9.17, 15) is 4.79 Å². The van der Waals surface area contributed by atoms with Crippen molar-refractivity contribution in [2.45, 2.75) is 54.4 Å². The first-order chi connectivity index (χ1) is 6.17. The summed E-state index contributed by atoms with van der Waals surface area (Å²) in [6, 6.07) is 0. The minimum Gasteiger partial charge on any atom is -0.356 e. The lowest BCUT2D eigenvalue weighted by Crippen LogP contribution is -2.31. The minimum absolute atomic E-state index is 0.0681. The van der Waals surface area contributed by atoms with Gasteiger partial charge in [0, 0.05) is 13.5 Å². The zero-order valence-electron chi connectivity index (χ0n) is 10.5. The van der Waals surface area contributed by atoms with E-state index >= 15 is 0 Å². The molecule has 0 aliphatic rings. The molecule has 0 aromatic rings. The van der Waals surface area contributed by atoms with Gasteiger partial charge in [0.25, 0.3) is 0 Å². The fourth-order valence-electron chi connectivity index (χ4n) is 1.17. The van der Waals surface area contributed by atoms with E-state index in [1.54, 1.807) is 6.92 Å².